The van der Waals surface area contributed by atoms with E-state index in [1.54, 1.807) is 35.6 Å². The number of hydrogen-bond donors (Lipinski definition) is 1. The van der Waals surface area contributed by atoms with E-state index in [1.807, 2.05) is 6.07 Å². The maximum absolute atomic E-state index is 12.4. The molecule has 0 aliphatic carbocycles. The molecule has 7 nitrogen and oxygen atoms in total. The molecule has 1 amide bonds. The number of carbonyl (C=O) groups is 1. The molecule has 24 heavy (non-hydrogen) atoms. The van der Waals surface area contributed by atoms with Crippen LogP contribution in [0.4, 0.5) is 5.82 Å². The van der Waals surface area contributed by atoms with E-state index < -0.39 is 0 Å². The van der Waals surface area contributed by atoms with Crippen LogP contribution in [0.5, 0.6) is 0 Å². The van der Waals surface area contributed by atoms with Crippen LogP contribution in [0.3, 0.4) is 0 Å². The van der Waals surface area contributed by atoms with Gasteiger partial charge in [0.05, 0.1) is 5.69 Å². The zero-order valence-corrected chi connectivity index (χ0v) is 14.8. The molecule has 0 radical (unpaired) electrons. The van der Waals surface area contributed by atoms with Crippen molar-refractivity contribution in [2.24, 2.45) is 7.05 Å². The molecule has 3 aromatic rings. The fourth-order valence-corrected chi connectivity index (χ4v) is 2.77. The van der Waals surface area contributed by atoms with Crippen molar-refractivity contribution in [2.75, 3.05) is 5.32 Å². The van der Waals surface area contributed by atoms with Gasteiger partial charge in [-0.25, -0.2) is 15.0 Å². The van der Waals surface area contributed by atoms with Gasteiger partial charge in [0.2, 0.25) is 0 Å². The minimum absolute atomic E-state index is 0.0841. The largest absolute Gasteiger partial charge is 0.305 e. The highest BCUT2D eigenvalue weighted by Gasteiger charge is 2.20. The van der Waals surface area contributed by atoms with E-state index in [4.69, 9.17) is 0 Å². The zero-order chi connectivity index (χ0) is 17.3. The summed E-state index contributed by atoms with van der Waals surface area (Å²) in [5.41, 5.74) is 1.16. The standard InChI is InChI=1S/C16H18N6OS/c1-16(2,3)11-8-12(22(4)21-11)20-14(23)10-9-24-15(19-10)13-17-6-5-7-18-13/h5-9H,1-4H3,(H,20,23). The SMILES string of the molecule is Cn1nc(C(C)(C)C)cc1NC(=O)c1csc(-c2ncccn2)n1. The number of carbonyl (C=O) groups excluding carboxylic acids is 1. The second kappa shape index (κ2) is 6.12. The lowest BCUT2D eigenvalue weighted by molar-refractivity contribution is 0.102. The number of aromatic nitrogens is 5. The summed E-state index contributed by atoms with van der Waals surface area (Å²) >= 11 is 1.34. The van der Waals surface area contributed by atoms with Gasteiger partial charge in [0.1, 0.15) is 11.5 Å². The van der Waals surface area contributed by atoms with Crippen LogP contribution < -0.4 is 5.32 Å². The minimum Gasteiger partial charge on any atom is -0.305 e. The first-order valence-electron chi connectivity index (χ1n) is 7.43. The Labute approximate surface area is 143 Å². The number of hydrogen-bond acceptors (Lipinski definition) is 6. The number of aryl methyl sites for hydroxylation is 1. The Bertz CT molecular complexity index is 862. The molecule has 0 bridgehead atoms. The Morgan fingerprint density at radius 1 is 1.25 bits per heavy atom. The van der Waals surface area contributed by atoms with E-state index in [1.165, 1.54) is 11.3 Å². The molecule has 3 aromatic heterocycles. The lowest BCUT2D eigenvalue weighted by atomic mass is 9.92. The highest BCUT2D eigenvalue weighted by Crippen LogP contribution is 2.24. The average molecular weight is 342 g/mol. The summed E-state index contributed by atoms with van der Waals surface area (Å²) in [5, 5.41) is 9.60. The molecule has 0 unspecified atom stereocenters. The van der Waals surface area contributed by atoms with Crippen LogP contribution in [-0.4, -0.2) is 30.6 Å². The first kappa shape index (κ1) is 16.3. The maximum atomic E-state index is 12.4. The highest BCUT2D eigenvalue weighted by atomic mass is 32.1. The van der Waals surface area contributed by atoms with Gasteiger partial charge in [0.25, 0.3) is 5.91 Å². The summed E-state index contributed by atoms with van der Waals surface area (Å²) in [4.78, 5) is 25.0. The summed E-state index contributed by atoms with van der Waals surface area (Å²) in [6.45, 7) is 6.23. The second-order valence-electron chi connectivity index (χ2n) is 6.35. The number of nitrogens with one attached hydrogen (secondary N) is 1. The fraction of sp³-hybridized carbons (Fsp3) is 0.312. The monoisotopic (exact) mass is 342 g/mol. The van der Waals surface area contributed by atoms with Crippen molar-refractivity contribution in [3.63, 3.8) is 0 Å². The van der Waals surface area contributed by atoms with Crippen molar-refractivity contribution in [2.45, 2.75) is 26.2 Å². The van der Waals surface area contributed by atoms with E-state index in [9.17, 15) is 4.79 Å². The summed E-state index contributed by atoms with van der Waals surface area (Å²) in [6.07, 6.45) is 3.29. The van der Waals surface area contributed by atoms with Crippen molar-refractivity contribution >= 4 is 23.1 Å². The molecule has 3 rings (SSSR count). The van der Waals surface area contributed by atoms with Crippen molar-refractivity contribution in [1.82, 2.24) is 24.7 Å². The van der Waals surface area contributed by atoms with E-state index in [2.05, 4.69) is 46.1 Å². The number of anilines is 1. The van der Waals surface area contributed by atoms with Crippen LogP contribution >= 0.6 is 11.3 Å². The zero-order valence-electron chi connectivity index (χ0n) is 13.9. The Morgan fingerprint density at radius 3 is 2.58 bits per heavy atom. The van der Waals surface area contributed by atoms with Crippen molar-refractivity contribution < 1.29 is 4.79 Å². The van der Waals surface area contributed by atoms with Crippen molar-refractivity contribution in [1.29, 1.82) is 0 Å². The third kappa shape index (κ3) is 3.33. The molecular formula is C16H18N6OS. The quantitative estimate of drug-likeness (QED) is 0.791. The summed E-state index contributed by atoms with van der Waals surface area (Å²) in [5.74, 6) is 0.865. The first-order chi connectivity index (χ1) is 11.3. The summed E-state index contributed by atoms with van der Waals surface area (Å²) in [7, 11) is 1.80. The van der Waals surface area contributed by atoms with Crippen LogP contribution in [0.25, 0.3) is 10.8 Å². The Kier molecular flexibility index (Phi) is 4.15. The van der Waals surface area contributed by atoms with Gasteiger partial charge in [-0.1, -0.05) is 20.8 Å². The molecule has 0 atom stereocenters. The normalized spacial score (nSPS) is 11.5. The van der Waals surface area contributed by atoms with Crippen LogP contribution in [0.2, 0.25) is 0 Å². The molecule has 124 valence electrons. The molecule has 0 fully saturated rings. The number of nitrogens with zero attached hydrogens (tertiary/aromatic N) is 5. The van der Waals surface area contributed by atoms with Gasteiger partial charge in [0, 0.05) is 36.3 Å². The molecule has 0 aliphatic heterocycles. The topological polar surface area (TPSA) is 85.6 Å². The third-order valence-corrected chi connectivity index (χ3v) is 4.22. The van der Waals surface area contributed by atoms with Gasteiger partial charge in [-0.15, -0.1) is 11.3 Å². The van der Waals surface area contributed by atoms with Gasteiger partial charge in [-0.2, -0.15) is 5.10 Å². The van der Waals surface area contributed by atoms with Gasteiger partial charge in [0.15, 0.2) is 10.8 Å². The average Bonchev–Trinajstić information content (AvgIpc) is 3.15. The Balaban J connectivity index is 1.79. The second-order valence-corrected chi connectivity index (χ2v) is 7.21. The smallest absolute Gasteiger partial charge is 0.276 e. The van der Waals surface area contributed by atoms with Gasteiger partial charge in [-0.3, -0.25) is 9.48 Å². The predicted octanol–water partition coefficient (Wildman–Crippen LogP) is 2.88. The van der Waals surface area contributed by atoms with Gasteiger partial charge < -0.3 is 5.32 Å². The molecule has 3 heterocycles. The number of rotatable bonds is 3. The first-order valence-corrected chi connectivity index (χ1v) is 8.31. The predicted molar refractivity (Wildman–Crippen MR) is 93.0 cm³/mol. The number of thiazole rings is 1. The molecular weight excluding hydrogens is 324 g/mol. The maximum Gasteiger partial charge on any atom is 0.276 e. The summed E-state index contributed by atoms with van der Waals surface area (Å²) < 4.78 is 1.66. The van der Waals surface area contributed by atoms with Crippen LogP contribution in [0, 0.1) is 0 Å². The molecule has 0 saturated heterocycles. The molecule has 0 saturated carbocycles. The highest BCUT2D eigenvalue weighted by molar-refractivity contribution is 7.13. The Morgan fingerprint density at radius 2 is 1.96 bits per heavy atom. The minimum atomic E-state index is -0.281. The van der Waals surface area contributed by atoms with Gasteiger partial charge >= 0.3 is 0 Å². The molecule has 0 aromatic carbocycles. The van der Waals surface area contributed by atoms with Crippen LogP contribution in [0.1, 0.15) is 37.0 Å². The van der Waals surface area contributed by atoms with Crippen LogP contribution in [-0.2, 0) is 12.5 Å². The molecule has 8 heteroatoms. The Hall–Kier alpha value is -2.61. The summed E-state index contributed by atoms with van der Waals surface area (Å²) in [6, 6.07) is 3.62. The van der Waals surface area contributed by atoms with Crippen LogP contribution in [0.15, 0.2) is 29.9 Å². The van der Waals surface area contributed by atoms with Gasteiger partial charge in [-0.05, 0) is 6.07 Å². The van der Waals surface area contributed by atoms with E-state index in [0.29, 0.717) is 22.3 Å². The van der Waals surface area contributed by atoms with E-state index in [-0.39, 0.29) is 11.3 Å². The molecule has 1 N–H and O–H groups in total. The third-order valence-electron chi connectivity index (χ3n) is 3.38. The molecule has 0 aliphatic rings. The lowest BCUT2D eigenvalue weighted by Crippen LogP contribution is -2.14. The fourth-order valence-electron chi connectivity index (χ4n) is 2.02. The van der Waals surface area contributed by atoms with E-state index >= 15 is 0 Å². The van der Waals surface area contributed by atoms with Crippen molar-refractivity contribution in [3.8, 4) is 10.8 Å². The lowest BCUT2D eigenvalue weighted by Gasteiger charge is -2.13. The van der Waals surface area contributed by atoms with E-state index in [0.717, 1.165) is 5.69 Å². The number of amides is 1. The molecule has 0 spiro atoms. The van der Waals surface area contributed by atoms with Crippen molar-refractivity contribution in [3.05, 3.63) is 41.3 Å².